The molecule has 12 heteroatoms. The van der Waals surface area contributed by atoms with Gasteiger partial charge in [0, 0.05) is 77.8 Å². The topological polar surface area (TPSA) is 68.4 Å². The van der Waals surface area contributed by atoms with E-state index in [0.717, 1.165) is 34.3 Å². The number of ether oxygens (including phenoxy) is 1. The highest BCUT2D eigenvalue weighted by Gasteiger charge is 2.35. The Balaban J connectivity index is 1.42. The van der Waals surface area contributed by atoms with Crippen LogP contribution < -0.4 is 4.74 Å². The molecule has 2 aliphatic heterocycles. The maximum absolute atomic E-state index is 16.3. The fourth-order valence-electron chi connectivity index (χ4n) is 7.18. The standard InChI is InChI=1S/C37H33F3N6O2S/c1-6-31(47)45-15-19(2)46-29(20(45)3)14-27(42-46)36-34(32-25(39)12-23(38)13-30(32)48-24-16-43(4)17-24)33-26(40)18-49-37(33)35(41-36)22-7-8-28-21(11-22)9-10-44(28)5/h6-14,18-20,24H,1,15-17H2,2-5H3/t19-,20+/m0/s1. The van der Waals surface area contributed by atoms with Crippen LogP contribution in [0.25, 0.3) is 54.8 Å². The van der Waals surface area contributed by atoms with Gasteiger partial charge in [0.1, 0.15) is 40.7 Å². The summed E-state index contributed by atoms with van der Waals surface area (Å²) >= 11 is 1.17. The Bertz CT molecular complexity index is 2320. The van der Waals surface area contributed by atoms with Crippen molar-refractivity contribution in [2.24, 2.45) is 7.05 Å². The van der Waals surface area contributed by atoms with Gasteiger partial charge in [-0.15, -0.1) is 11.3 Å². The molecule has 1 saturated heterocycles. The molecular formula is C37H33F3N6O2S. The summed E-state index contributed by atoms with van der Waals surface area (Å²) in [5.41, 5.74) is 3.66. The van der Waals surface area contributed by atoms with Crippen molar-refractivity contribution in [3.05, 3.63) is 89.8 Å². The van der Waals surface area contributed by atoms with E-state index in [4.69, 9.17) is 14.8 Å². The lowest BCUT2D eigenvalue weighted by molar-refractivity contribution is -0.129. The predicted molar refractivity (Wildman–Crippen MR) is 185 cm³/mol. The van der Waals surface area contributed by atoms with Crippen LogP contribution >= 0.6 is 11.3 Å². The highest BCUT2D eigenvalue weighted by Crippen LogP contribution is 2.49. The molecule has 2 aromatic carbocycles. The Morgan fingerprint density at radius 2 is 1.80 bits per heavy atom. The Labute approximate surface area is 284 Å². The molecule has 6 aromatic rings. The van der Waals surface area contributed by atoms with E-state index in [1.54, 1.807) is 4.90 Å². The fourth-order valence-corrected chi connectivity index (χ4v) is 8.11. The molecule has 0 unspecified atom stereocenters. The number of fused-ring (bicyclic) bond motifs is 3. The van der Waals surface area contributed by atoms with Crippen molar-refractivity contribution < 1.29 is 22.7 Å². The number of likely N-dealkylation sites (tertiary alicyclic amines) is 1. The van der Waals surface area contributed by atoms with Gasteiger partial charge in [-0.1, -0.05) is 12.6 Å². The second kappa shape index (κ2) is 11.6. The van der Waals surface area contributed by atoms with Crippen LogP contribution in [0.5, 0.6) is 5.75 Å². The molecule has 8 rings (SSSR count). The molecule has 0 N–H and O–H groups in total. The summed E-state index contributed by atoms with van der Waals surface area (Å²) in [6, 6.07) is 11.1. The molecule has 49 heavy (non-hydrogen) atoms. The lowest BCUT2D eigenvalue weighted by Gasteiger charge is -2.36. The minimum absolute atomic E-state index is 0.0301. The van der Waals surface area contributed by atoms with E-state index in [1.807, 2.05) is 78.6 Å². The quantitative estimate of drug-likeness (QED) is 0.168. The van der Waals surface area contributed by atoms with Crippen LogP contribution in [0.1, 0.15) is 31.6 Å². The lowest BCUT2D eigenvalue weighted by atomic mass is 9.94. The van der Waals surface area contributed by atoms with Gasteiger partial charge in [0.15, 0.2) is 0 Å². The number of carbonyl (C=O) groups is 1. The molecule has 8 nitrogen and oxygen atoms in total. The number of thiophene rings is 1. The van der Waals surface area contributed by atoms with Gasteiger partial charge in [-0.2, -0.15) is 5.10 Å². The van der Waals surface area contributed by atoms with E-state index in [-0.39, 0.29) is 52.1 Å². The molecule has 0 aliphatic carbocycles. The van der Waals surface area contributed by atoms with Gasteiger partial charge < -0.3 is 14.2 Å². The molecule has 4 aromatic heterocycles. The van der Waals surface area contributed by atoms with Crippen LogP contribution in [0, 0.1) is 17.5 Å². The zero-order valence-corrected chi connectivity index (χ0v) is 28.2. The number of carbonyl (C=O) groups excluding carboxylic acids is 1. The summed E-state index contributed by atoms with van der Waals surface area (Å²) in [5, 5.41) is 7.48. The Morgan fingerprint density at radius 3 is 2.55 bits per heavy atom. The van der Waals surface area contributed by atoms with E-state index in [1.165, 1.54) is 22.8 Å². The summed E-state index contributed by atoms with van der Waals surface area (Å²) in [5.74, 6) is -2.50. The predicted octanol–water partition coefficient (Wildman–Crippen LogP) is 7.75. The van der Waals surface area contributed by atoms with Crippen molar-refractivity contribution in [3.63, 3.8) is 0 Å². The number of amides is 1. The summed E-state index contributed by atoms with van der Waals surface area (Å²) in [6.07, 6.45) is 2.96. The third-order valence-corrected chi connectivity index (χ3v) is 10.6. The third kappa shape index (κ3) is 5.04. The number of likely N-dealkylation sites (N-methyl/N-ethyl adjacent to an activating group) is 1. The van der Waals surface area contributed by atoms with Crippen LogP contribution in [0.4, 0.5) is 13.2 Å². The van der Waals surface area contributed by atoms with Gasteiger partial charge in [0.25, 0.3) is 0 Å². The Hall–Kier alpha value is -4.94. The lowest BCUT2D eigenvalue weighted by Crippen LogP contribution is -2.51. The van der Waals surface area contributed by atoms with Crippen LogP contribution in [0.2, 0.25) is 0 Å². The summed E-state index contributed by atoms with van der Waals surface area (Å²) < 4.78 is 58.0. The second-order valence-corrected chi connectivity index (χ2v) is 13.9. The number of pyridine rings is 1. The summed E-state index contributed by atoms with van der Waals surface area (Å²) in [4.78, 5) is 21.7. The van der Waals surface area contributed by atoms with Gasteiger partial charge in [-0.05, 0) is 51.2 Å². The van der Waals surface area contributed by atoms with Crippen molar-refractivity contribution in [3.8, 4) is 39.5 Å². The van der Waals surface area contributed by atoms with Gasteiger partial charge in [-0.3, -0.25) is 14.4 Å². The number of aryl methyl sites for hydroxylation is 1. The van der Waals surface area contributed by atoms with Crippen molar-refractivity contribution in [1.29, 1.82) is 0 Å². The smallest absolute Gasteiger partial charge is 0.246 e. The number of hydrogen-bond donors (Lipinski definition) is 0. The van der Waals surface area contributed by atoms with E-state index >= 15 is 8.78 Å². The molecule has 1 amide bonds. The van der Waals surface area contributed by atoms with Gasteiger partial charge in [-0.25, -0.2) is 18.2 Å². The average Bonchev–Trinajstić information content (AvgIpc) is 3.78. The molecule has 0 bridgehead atoms. The molecule has 2 aliphatic rings. The number of nitrogens with zero attached hydrogens (tertiary/aromatic N) is 6. The first-order valence-corrected chi connectivity index (χ1v) is 16.9. The molecule has 2 atom stereocenters. The van der Waals surface area contributed by atoms with Crippen molar-refractivity contribution in [2.75, 3.05) is 26.7 Å². The Morgan fingerprint density at radius 1 is 1.00 bits per heavy atom. The van der Waals surface area contributed by atoms with Crippen molar-refractivity contribution in [1.82, 2.24) is 29.1 Å². The summed E-state index contributed by atoms with van der Waals surface area (Å²) in [6.45, 7) is 9.08. The van der Waals surface area contributed by atoms with E-state index in [0.29, 0.717) is 35.7 Å². The minimum atomic E-state index is -0.899. The number of benzene rings is 2. The molecule has 0 saturated carbocycles. The van der Waals surface area contributed by atoms with E-state index in [2.05, 4.69) is 6.58 Å². The van der Waals surface area contributed by atoms with Gasteiger partial charge in [0.05, 0.1) is 33.7 Å². The number of aromatic nitrogens is 4. The largest absolute Gasteiger partial charge is 0.487 e. The first kappa shape index (κ1) is 31.3. The SMILES string of the molecule is C=CC(=O)N1C[C@H](C)n2nc(-c3nc(-c4ccc5c(ccn5C)c4)c4scc(F)c4c3-c3c(F)cc(F)cc3OC3CN(C)C3)cc2[C@H]1C. The molecule has 0 spiro atoms. The second-order valence-electron chi connectivity index (χ2n) is 13.0. The van der Waals surface area contributed by atoms with Crippen LogP contribution in [-0.2, 0) is 11.8 Å². The Kier molecular flexibility index (Phi) is 7.41. The number of hydrogen-bond acceptors (Lipinski definition) is 6. The minimum Gasteiger partial charge on any atom is -0.487 e. The first-order chi connectivity index (χ1) is 23.5. The average molecular weight is 683 g/mol. The van der Waals surface area contributed by atoms with Crippen LogP contribution in [0.3, 0.4) is 0 Å². The maximum Gasteiger partial charge on any atom is 0.246 e. The third-order valence-electron chi connectivity index (χ3n) is 9.66. The number of halogens is 3. The molecular weight excluding hydrogens is 650 g/mol. The molecule has 6 heterocycles. The zero-order chi connectivity index (χ0) is 34.3. The normalized spacial score (nSPS) is 18.2. The fraction of sp³-hybridized carbons (Fsp3) is 0.270. The molecule has 1 fully saturated rings. The van der Waals surface area contributed by atoms with Gasteiger partial charge >= 0.3 is 0 Å². The van der Waals surface area contributed by atoms with Crippen LogP contribution in [-0.4, -0.2) is 67.8 Å². The highest BCUT2D eigenvalue weighted by atomic mass is 32.1. The highest BCUT2D eigenvalue weighted by molar-refractivity contribution is 7.17. The van der Waals surface area contributed by atoms with E-state index in [9.17, 15) is 9.18 Å². The number of rotatable bonds is 6. The first-order valence-electron chi connectivity index (χ1n) is 16.1. The van der Waals surface area contributed by atoms with Crippen molar-refractivity contribution in [2.45, 2.75) is 32.0 Å². The van der Waals surface area contributed by atoms with Gasteiger partial charge in [0.2, 0.25) is 5.91 Å². The van der Waals surface area contributed by atoms with Crippen LogP contribution in [0.15, 0.2) is 66.7 Å². The molecule has 0 radical (unpaired) electrons. The maximum atomic E-state index is 16.3. The zero-order valence-electron chi connectivity index (χ0n) is 27.4. The monoisotopic (exact) mass is 682 g/mol. The van der Waals surface area contributed by atoms with E-state index < -0.39 is 17.5 Å². The summed E-state index contributed by atoms with van der Waals surface area (Å²) in [7, 11) is 3.89. The van der Waals surface area contributed by atoms with Crippen molar-refractivity contribution >= 4 is 38.2 Å². The molecule has 250 valence electrons.